The molecule has 4 rings (SSSR count). The highest BCUT2D eigenvalue weighted by Crippen LogP contribution is 2.30. The molecule has 25 heavy (non-hydrogen) atoms. The Kier molecular flexibility index (Phi) is 3.74. The molecule has 0 saturated heterocycles. The first kappa shape index (κ1) is 15.4. The van der Waals surface area contributed by atoms with Gasteiger partial charge in [-0.15, -0.1) is 0 Å². The van der Waals surface area contributed by atoms with Gasteiger partial charge in [-0.2, -0.15) is 5.10 Å². The Morgan fingerprint density at radius 3 is 2.80 bits per heavy atom. The van der Waals surface area contributed by atoms with Gasteiger partial charge in [0.15, 0.2) is 5.76 Å². The van der Waals surface area contributed by atoms with Gasteiger partial charge in [-0.05, 0) is 25.1 Å². The summed E-state index contributed by atoms with van der Waals surface area (Å²) in [7, 11) is 0. The van der Waals surface area contributed by atoms with Crippen LogP contribution in [0.15, 0.2) is 59.5 Å². The lowest BCUT2D eigenvalue weighted by molar-refractivity contribution is 0.0998. The molecular formula is C18H13ClN4O2. The third-order valence-corrected chi connectivity index (χ3v) is 4.24. The van der Waals surface area contributed by atoms with Crippen LogP contribution in [0.5, 0.6) is 0 Å². The maximum Gasteiger partial charge on any atom is 0.291 e. The zero-order valence-electron chi connectivity index (χ0n) is 13.2. The summed E-state index contributed by atoms with van der Waals surface area (Å²) in [5.74, 6) is -0.0805. The van der Waals surface area contributed by atoms with Gasteiger partial charge >= 0.3 is 0 Å². The molecule has 0 unspecified atom stereocenters. The van der Waals surface area contributed by atoms with E-state index in [0.29, 0.717) is 22.0 Å². The molecule has 0 spiro atoms. The fraction of sp³-hybridized carbons (Fsp3) is 0.0556. The monoisotopic (exact) mass is 352 g/mol. The molecule has 2 heterocycles. The number of aromatic nitrogens is 3. The minimum atomic E-state index is -0.350. The molecular weight excluding hydrogens is 340 g/mol. The highest BCUT2D eigenvalue weighted by molar-refractivity contribution is 6.33. The minimum absolute atomic E-state index is 0.269. The number of rotatable bonds is 3. The normalized spacial score (nSPS) is 11.0. The number of nitrogens with one attached hydrogen (secondary N) is 1. The molecule has 0 bridgehead atoms. The summed E-state index contributed by atoms with van der Waals surface area (Å²) < 4.78 is 7.22. The zero-order chi connectivity index (χ0) is 17.4. The summed E-state index contributed by atoms with van der Waals surface area (Å²) >= 11 is 6.28. The van der Waals surface area contributed by atoms with Crippen molar-refractivity contribution >= 4 is 34.2 Å². The Hall–Kier alpha value is -3.12. The number of benzene rings is 2. The van der Waals surface area contributed by atoms with Gasteiger partial charge in [0.25, 0.3) is 5.91 Å². The lowest BCUT2D eigenvalue weighted by Crippen LogP contribution is -2.14. The molecule has 0 fully saturated rings. The van der Waals surface area contributed by atoms with Crippen molar-refractivity contribution in [3.05, 3.63) is 71.5 Å². The molecule has 0 radical (unpaired) electrons. The molecule has 1 N–H and O–H groups in total. The second kappa shape index (κ2) is 6.07. The molecule has 0 aliphatic heterocycles. The van der Waals surface area contributed by atoms with Crippen LogP contribution < -0.4 is 5.32 Å². The van der Waals surface area contributed by atoms with Crippen molar-refractivity contribution < 1.29 is 9.21 Å². The summed E-state index contributed by atoms with van der Waals surface area (Å²) in [6, 6.07) is 12.8. The average Bonchev–Trinajstić information content (AvgIpc) is 3.24. The third kappa shape index (κ3) is 2.66. The summed E-state index contributed by atoms with van der Waals surface area (Å²) in [6.07, 6.45) is 2.92. The van der Waals surface area contributed by atoms with Crippen molar-refractivity contribution in [3.63, 3.8) is 0 Å². The summed E-state index contributed by atoms with van der Waals surface area (Å²) in [6.45, 7) is 1.86. The SMILES string of the molecule is Cc1c(C(=O)Nc2cccc(Cl)c2-n2cncn2)oc2ccccc12. The van der Waals surface area contributed by atoms with Gasteiger partial charge < -0.3 is 9.73 Å². The van der Waals surface area contributed by atoms with Gasteiger partial charge in [-0.3, -0.25) is 4.79 Å². The number of anilines is 1. The minimum Gasteiger partial charge on any atom is -0.451 e. The lowest BCUT2D eigenvalue weighted by Gasteiger charge is -2.11. The van der Waals surface area contributed by atoms with E-state index in [4.69, 9.17) is 16.0 Å². The Balaban J connectivity index is 1.74. The topological polar surface area (TPSA) is 73.0 Å². The molecule has 0 atom stereocenters. The molecule has 0 aliphatic rings. The molecule has 7 heteroatoms. The molecule has 2 aromatic carbocycles. The van der Waals surface area contributed by atoms with Gasteiger partial charge in [-0.1, -0.05) is 35.9 Å². The highest BCUT2D eigenvalue weighted by atomic mass is 35.5. The van der Waals surface area contributed by atoms with Gasteiger partial charge in [0, 0.05) is 10.9 Å². The Morgan fingerprint density at radius 1 is 1.20 bits per heavy atom. The van der Waals surface area contributed by atoms with Crippen molar-refractivity contribution in [3.8, 4) is 5.69 Å². The van der Waals surface area contributed by atoms with Crippen LogP contribution in [-0.2, 0) is 0 Å². The average molecular weight is 353 g/mol. The summed E-state index contributed by atoms with van der Waals surface area (Å²) in [5.41, 5.74) is 2.52. The van der Waals surface area contributed by atoms with E-state index in [1.54, 1.807) is 18.2 Å². The first-order valence-electron chi connectivity index (χ1n) is 7.58. The quantitative estimate of drug-likeness (QED) is 0.599. The largest absolute Gasteiger partial charge is 0.451 e. The van der Waals surface area contributed by atoms with Crippen LogP contribution >= 0.6 is 11.6 Å². The van der Waals surface area contributed by atoms with Crippen molar-refractivity contribution in [2.45, 2.75) is 6.92 Å². The Labute approximate surface area is 148 Å². The summed E-state index contributed by atoms with van der Waals surface area (Å²) in [4.78, 5) is 16.7. The van der Waals surface area contributed by atoms with Crippen LogP contribution in [0.1, 0.15) is 16.1 Å². The van der Waals surface area contributed by atoms with Crippen molar-refractivity contribution in [2.24, 2.45) is 0 Å². The second-order valence-electron chi connectivity index (χ2n) is 5.48. The van der Waals surface area contributed by atoms with E-state index in [9.17, 15) is 4.79 Å². The van der Waals surface area contributed by atoms with Crippen LogP contribution in [0, 0.1) is 6.92 Å². The number of amides is 1. The van der Waals surface area contributed by atoms with E-state index in [1.807, 2.05) is 31.2 Å². The first-order chi connectivity index (χ1) is 12.1. The van der Waals surface area contributed by atoms with E-state index in [1.165, 1.54) is 17.3 Å². The number of halogens is 1. The number of carbonyl (C=O) groups is 1. The van der Waals surface area contributed by atoms with Crippen LogP contribution in [0.4, 0.5) is 5.69 Å². The first-order valence-corrected chi connectivity index (χ1v) is 7.96. The molecule has 6 nitrogen and oxygen atoms in total. The van der Waals surface area contributed by atoms with Gasteiger partial charge in [0.05, 0.1) is 10.7 Å². The van der Waals surface area contributed by atoms with Crippen molar-refractivity contribution in [2.75, 3.05) is 5.32 Å². The lowest BCUT2D eigenvalue weighted by atomic mass is 10.1. The van der Waals surface area contributed by atoms with E-state index in [2.05, 4.69) is 15.4 Å². The fourth-order valence-corrected chi connectivity index (χ4v) is 3.00. The predicted molar refractivity (Wildman–Crippen MR) is 95.3 cm³/mol. The number of aryl methyl sites for hydroxylation is 1. The Morgan fingerprint density at radius 2 is 2.04 bits per heavy atom. The van der Waals surface area contributed by atoms with E-state index in [0.717, 1.165) is 10.9 Å². The molecule has 1 amide bonds. The smallest absolute Gasteiger partial charge is 0.291 e. The number of fused-ring (bicyclic) bond motifs is 1. The van der Waals surface area contributed by atoms with Crippen molar-refractivity contribution in [1.82, 2.24) is 14.8 Å². The van der Waals surface area contributed by atoms with E-state index < -0.39 is 0 Å². The number of carbonyl (C=O) groups excluding carboxylic acids is 1. The highest BCUT2D eigenvalue weighted by Gasteiger charge is 2.19. The molecule has 0 aliphatic carbocycles. The predicted octanol–water partition coefficient (Wildman–Crippen LogP) is 4.23. The van der Waals surface area contributed by atoms with Crippen LogP contribution in [0.25, 0.3) is 16.7 Å². The molecule has 124 valence electrons. The maximum atomic E-state index is 12.7. The maximum absolute atomic E-state index is 12.7. The van der Waals surface area contributed by atoms with E-state index >= 15 is 0 Å². The number of hydrogen-bond donors (Lipinski definition) is 1. The fourth-order valence-electron chi connectivity index (χ4n) is 2.74. The zero-order valence-corrected chi connectivity index (χ0v) is 14.0. The Bertz CT molecular complexity index is 1070. The van der Waals surface area contributed by atoms with Gasteiger partial charge in [0.2, 0.25) is 0 Å². The van der Waals surface area contributed by atoms with Crippen molar-refractivity contribution in [1.29, 1.82) is 0 Å². The third-order valence-electron chi connectivity index (χ3n) is 3.93. The number of furan rings is 1. The van der Waals surface area contributed by atoms with Crippen LogP contribution in [0.3, 0.4) is 0 Å². The second-order valence-corrected chi connectivity index (χ2v) is 5.89. The number of para-hydroxylation sites is 2. The molecule has 2 aromatic heterocycles. The van der Waals surface area contributed by atoms with Gasteiger partial charge in [-0.25, -0.2) is 9.67 Å². The van der Waals surface area contributed by atoms with Crippen LogP contribution in [0.2, 0.25) is 5.02 Å². The van der Waals surface area contributed by atoms with Gasteiger partial charge in [0.1, 0.15) is 23.9 Å². The number of nitrogens with zero attached hydrogens (tertiary/aromatic N) is 3. The van der Waals surface area contributed by atoms with E-state index in [-0.39, 0.29) is 11.7 Å². The number of hydrogen-bond acceptors (Lipinski definition) is 4. The molecule has 0 saturated carbocycles. The summed E-state index contributed by atoms with van der Waals surface area (Å²) in [5, 5.41) is 8.30. The molecule has 4 aromatic rings. The standard InChI is InChI=1S/C18H13ClN4O2/c1-11-12-5-2-3-8-15(12)25-17(11)18(24)22-14-7-4-6-13(19)16(14)23-10-20-9-21-23/h2-10H,1H3,(H,22,24). The van der Waals surface area contributed by atoms with Crippen LogP contribution in [-0.4, -0.2) is 20.7 Å².